The van der Waals surface area contributed by atoms with Crippen LogP contribution in [0.5, 0.6) is 5.75 Å². The van der Waals surface area contributed by atoms with Gasteiger partial charge in [0.1, 0.15) is 11.6 Å². The first-order valence-corrected chi connectivity index (χ1v) is 12.4. The number of likely N-dealkylation sites (N-methyl/N-ethyl adjacent to an activating group) is 1. The Morgan fingerprint density at radius 3 is 2.15 bits per heavy atom. The van der Waals surface area contributed by atoms with E-state index in [0.717, 1.165) is 68.3 Å². The predicted molar refractivity (Wildman–Crippen MR) is 143 cm³/mol. The second kappa shape index (κ2) is 10.6. The van der Waals surface area contributed by atoms with E-state index in [4.69, 9.17) is 4.98 Å². The van der Waals surface area contributed by atoms with Crippen molar-refractivity contribution in [1.82, 2.24) is 14.8 Å². The van der Waals surface area contributed by atoms with E-state index >= 15 is 0 Å². The zero-order chi connectivity index (χ0) is 24.1. The smallest absolute Gasteiger partial charge is 0.127 e. The Bertz CT molecular complexity index is 1060. The van der Waals surface area contributed by atoms with Crippen molar-refractivity contribution < 1.29 is 5.11 Å². The molecule has 0 unspecified atom stereocenters. The zero-order valence-corrected chi connectivity index (χ0v) is 21.0. The standard InChI is InChI=1S/C29H38N4O/c1-29(2,3)25-10-6-22(7-11-25)24-20-27(23-8-12-26(34)13-9-23)31-28(21-24)30-14-5-15-33-18-16-32(4)17-19-33/h6-13,20-21,34H,5,14-19H2,1-4H3,(H,30,31). The summed E-state index contributed by atoms with van der Waals surface area (Å²) >= 11 is 0. The van der Waals surface area contributed by atoms with Crippen LogP contribution in [-0.4, -0.2) is 66.2 Å². The minimum absolute atomic E-state index is 0.129. The van der Waals surface area contributed by atoms with Gasteiger partial charge in [0.05, 0.1) is 5.69 Å². The van der Waals surface area contributed by atoms with Crippen LogP contribution in [0.2, 0.25) is 0 Å². The molecule has 0 radical (unpaired) electrons. The lowest BCUT2D eigenvalue weighted by molar-refractivity contribution is 0.154. The van der Waals surface area contributed by atoms with Gasteiger partial charge in [0.25, 0.3) is 0 Å². The van der Waals surface area contributed by atoms with Gasteiger partial charge >= 0.3 is 0 Å². The van der Waals surface area contributed by atoms with Crippen LogP contribution in [0.1, 0.15) is 32.8 Å². The maximum absolute atomic E-state index is 9.71. The number of hydrogen-bond donors (Lipinski definition) is 2. The Balaban J connectivity index is 1.52. The number of benzene rings is 2. The number of nitrogens with zero attached hydrogens (tertiary/aromatic N) is 3. The van der Waals surface area contributed by atoms with E-state index in [-0.39, 0.29) is 11.2 Å². The van der Waals surface area contributed by atoms with E-state index in [0.29, 0.717) is 0 Å². The van der Waals surface area contributed by atoms with Crippen molar-refractivity contribution in [3.05, 3.63) is 66.2 Å². The molecule has 1 aliphatic rings. The molecule has 1 aliphatic heterocycles. The molecule has 1 fully saturated rings. The van der Waals surface area contributed by atoms with E-state index in [2.05, 4.69) is 79.3 Å². The van der Waals surface area contributed by atoms with Crippen molar-refractivity contribution in [2.24, 2.45) is 0 Å². The molecule has 0 spiro atoms. The molecule has 0 saturated carbocycles. The number of hydrogen-bond acceptors (Lipinski definition) is 5. The van der Waals surface area contributed by atoms with Gasteiger partial charge in [-0.05, 0) is 78.5 Å². The van der Waals surface area contributed by atoms with Gasteiger partial charge in [0.2, 0.25) is 0 Å². The molecule has 2 heterocycles. The van der Waals surface area contributed by atoms with E-state index in [9.17, 15) is 5.11 Å². The summed E-state index contributed by atoms with van der Waals surface area (Å²) in [5.74, 6) is 1.15. The van der Waals surface area contributed by atoms with E-state index in [1.807, 2.05) is 12.1 Å². The molecule has 3 aromatic rings. The van der Waals surface area contributed by atoms with Crippen LogP contribution < -0.4 is 5.32 Å². The van der Waals surface area contributed by atoms with Crippen molar-refractivity contribution in [1.29, 1.82) is 0 Å². The predicted octanol–water partition coefficient (Wildman–Crippen LogP) is 5.47. The molecule has 34 heavy (non-hydrogen) atoms. The number of nitrogens with one attached hydrogen (secondary N) is 1. The van der Waals surface area contributed by atoms with Gasteiger partial charge in [0.15, 0.2) is 0 Å². The first-order valence-electron chi connectivity index (χ1n) is 12.4. The third-order valence-corrected chi connectivity index (χ3v) is 6.63. The minimum Gasteiger partial charge on any atom is -0.508 e. The normalized spacial score (nSPS) is 15.4. The Morgan fingerprint density at radius 1 is 0.853 bits per heavy atom. The van der Waals surface area contributed by atoms with Crippen LogP contribution >= 0.6 is 0 Å². The molecule has 0 atom stereocenters. The molecule has 1 saturated heterocycles. The van der Waals surface area contributed by atoms with Crippen LogP contribution in [0.25, 0.3) is 22.4 Å². The number of aromatic nitrogens is 1. The van der Waals surface area contributed by atoms with Gasteiger partial charge in [0, 0.05) is 38.3 Å². The summed E-state index contributed by atoms with van der Waals surface area (Å²) in [7, 11) is 2.19. The van der Waals surface area contributed by atoms with Crippen LogP contribution in [0, 0.1) is 0 Å². The van der Waals surface area contributed by atoms with Gasteiger partial charge in [-0.3, -0.25) is 0 Å². The highest BCUT2D eigenvalue weighted by Gasteiger charge is 2.15. The second-order valence-corrected chi connectivity index (χ2v) is 10.4. The molecule has 5 nitrogen and oxygen atoms in total. The fourth-order valence-corrected chi connectivity index (χ4v) is 4.32. The summed E-state index contributed by atoms with van der Waals surface area (Å²) in [6.07, 6.45) is 1.09. The largest absolute Gasteiger partial charge is 0.508 e. The topological polar surface area (TPSA) is 51.6 Å². The molecule has 0 aliphatic carbocycles. The maximum Gasteiger partial charge on any atom is 0.127 e. The van der Waals surface area contributed by atoms with Gasteiger partial charge in [-0.25, -0.2) is 4.98 Å². The fraction of sp³-hybridized carbons (Fsp3) is 0.414. The number of phenols is 1. The molecule has 2 N–H and O–H groups in total. The SMILES string of the molecule is CN1CCN(CCCNc2cc(-c3ccc(C(C)(C)C)cc3)cc(-c3ccc(O)cc3)n2)CC1. The monoisotopic (exact) mass is 458 g/mol. The van der Waals surface area contributed by atoms with Crippen LogP contribution in [0.4, 0.5) is 5.82 Å². The molecular formula is C29H38N4O. The molecule has 0 bridgehead atoms. The Morgan fingerprint density at radius 2 is 1.50 bits per heavy atom. The highest BCUT2D eigenvalue weighted by molar-refractivity contribution is 5.74. The molecule has 2 aromatic carbocycles. The third kappa shape index (κ3) is 6.37. The number of piperazine rings is 1. The van der Waals surface area contributed by atoms with Crippen molar-refractivity contribution >= 4 is 5.82 Å². The van der Waals surface area contributed by atoms with Gasteiger partial charge in [-0.1, -0.05) is 45.0 Å². The highest BCUT2D eigenvalue weighted by atomic mass is 16.3. The Kier molecular flexibility index (Phi) is 7.54. The van der Waals surface area contributed by atoms with Crippen LogP contribution in [0.3, 0.4) is 0 Å². The Labute approximate surface area is 204 Å². The first-order chi connectivity index (χ1) is 16.3. The number of anilines is 1. The second-order valence-electron chi connectivity index (χ2n) is 10.4. The lowest BCUT2D eigenvalue weighted by Crippen LogP contribution is -2.44. The van der Waals surface area contributed by atoms with E-state index in [1.165, 1.54) is 11.1 Å². The van der Waals surface area contributed by atoms with E-state index in [1.54, 1.807) is 12.1 Å². The summed E-state index contributed by atoms with van der Waals surface area (Å²) in [4.78, 5) is 9.83. The molecule has 0 amide bonds. The van der Waals surface area contributed by atoms with Crippen molar-refractivity contribution in [3.63, 3.8) is 0 Å². The third-order valence-electron chi connectivity index (χ3n) is 6.63. The minimum atomic E-state index is 0.129. The first kappa shape index (κ1) is 24.2. The summed E-state index contributed by atoms with van der Waals surface area (Å²) in [6.45, 7) is 13.3. The van der Waals surface area contributed by atoms with Crippen molar-refractivity contribution in [2.45, 2.75) is 32.6 Å². The van der Waals surface area contributed by atoms with Gasteiger partial charge in [-0.15, -0.1) is 0 Å². The highest BCUT2D eigenvalue weighted by Crippen LogP contribution is 2.30. The van der Waals surface area contributed by atoms with Crippen molar-refractivity contribution in [2.75, 3.05) is 51.6 Å². The molecular weight excluding hydrogens is 420 g/mol. The number of aromatic hydroxyl groups is 1. The average Bonchev–Trinajstić information content (AvgIpc) is 2.83. The quantitative estimate of drug-likeness (QED) is 0.460. The average molecular weight is 459 g/mol. The molecule has 4 rings (SSSR count). The summed E-state index contributed by atoms with van der Waals surface area (Å²) in [6, 6.07) is 20.4. The fourth-order valence-electron chi connectivity index (χ4n) is 4.32. The zero-order valence-electron chi connectivity index (χ0n) is 21.0. The van der Waals surface area contributed by atoms with Crippen molar-refractivity contribution in [3.8, 4) is 28.1 Å². The van der Waals surface area contributed by atoms with Gasteiger partial charge < -0.3 is 20.2 Å². The number of pyridine rings is 1. The maximum atomic E-state index is 9.71. The lowest BCUT2D eigenvalue weighted by atomic mass is 9.86. The number of phenolic OH excluding ortho intramolecular Hbond substituents is 1. The summed E-state index contributed by atoms with van der Waals surface area (Å²) < 4.78 is 0. The molecule has 180 valence electrons. The van der Waals surface area contributed by atoms with Gasteiger partial charge in [-0.2, -0.15) is 0 Å². The lowest BCUT2D eigenvalue weighted by Gasteiger charge is -2.32. The molecule has 1 aromatic heterocycles. The van der Waals surface area contributed by atoms with E-state index < -0.39 is 0 Å². The Hall–Kier alpha value is -2.89. The van der Waals surface area contributed by atoms with Crippen LogP contribution in [0.15, 0.2) is 60.7 Å². The summed E-state index contributed by atoms with van der Waals surface area (Å²) in [5.41, 5.74) is 5.66. The summed E-state index contributed by atoms with van der Waals surface area (Å²) in [5, 5.41) is 13.3. The number of rotatable bonds is 7. The molecule has 5 heteroatoms. The van der Waals surface area contributed by atoms with Crippen LogP contribution in [-0.2, 0) is 5.41 Å².